The summed E-state index contributed by atoms with van der Waals surface area (Å²) in [5.74, 6) is 0.228. The van der Waals surface area contributed by atoms with Gasteiger partial charge in [-0.3, -0.25) is 4.79 Å². The van der Waals surface area contributed by atoms with Crippen molar-refractivity contribution in [2.24, 2.45) is 4.99 Å². The van der Waals surface area contributed by atoms with Crippen molar-refractivity contribution in [2.45, 2.75) is 29.7 Å². The first kappa shape index (κ1) is 28.6. The predicted molar refractivity (Wildman–Crippen MR) is 150 cm³/mol. The molecule has 1 aliphatic heterocycles. The number of aliphatic imine (C=N–C) groups is 1. The molecule has 0 aliphatic carbocycles. The molecule has 8 nitrogen and oxygen atoms in total. The van der Waals surface area contributed by atoms with Crippen LogP contribution in [-0.2, 0) is 25.8 Å². The molecule has 1 atom stereocenters. The first-order valence-corrected chi connectivity index (χ1v) is 14.7. The second-order valence-electron chi connectivity index (χ2n) is 9.20. The van der Waals surface area contributed by atoms with Crippen LogP contribution in [-0.4, -0.2) is 63.0 Å². The van der Waals surface area contributed by atoms with Crippen LogP contribution in [0.1, 0.15) is 24.0 Å². The summed E-state index contributed by atoms with van der Waals surface area (Å²) in [5, 5.41) is 12.4. The predicted octanol–water partition coefficient (Wildman–Crippen LogP) is 3.84. The van der Waals surface area contributed by atoms with E-state index in [1.165, 1.54) is 12.1 Å². The molecular weight excluding hydrogens is 540 g/mol. The van der Waals surface area contributed by atoms with E-state index in [1.807, 2.05) is 18.2 Å². The molecule has 0 saturated heterocycles. The van der Waals surface area contributed by atoms with Crippen molar-refractivity contribution in [3.8, 4) is 5.75 Å². The van der Waals surface area contributed by atoms with Crippen LogP contribution in [0.4, 0.5) is 0 Å². The molecule has 0 radical (unpaired) electrons. The van der Waals surface area contributed by atoms with Gasteiger partial charge in [-0.05, 0) is 66.9 Å². The molecule has 3 aromatic rings. The Morgan fingerprint density at radius 1 is 1.08 bits per heavy atom. The van der Waals surface area contributed by atoms with Crippen molar-refractivity contribution in [3.05, 3.63) is 95.0 Å². The van der Waals surface area contributed by atoms with Crippen molar-refractivity contribution >= 4 is 33.2 Å². The topological polar surface area (TPSA) is 114 Å². The molecule has 0 spiro atoms. The molecule has 1 amide bonds. The Bertz CT molecular complexity index is 1400. The lowest BCUT2D eigenvalue weighted by Gasteiger charge is -2.23. The number of aliphatic hydroxyl groups excluding tert-OH is 1. The van der Waals surface area contributed by atoms with Crippen LogP contribution < -0.4 is 10.1 Å². The number of aliphatic hydroxyl groups is 1. The Balaban J connectivity index is 1.52. The van der Waals surface area contributed by atoms with Gasteiger partial charge in [0.2, 0.25) is 5.90 Å². The summed E-state index contributed by atoms with van der Waals surface area (Å²) in [5.41, 5.74) is 0.211. The van der Waals surface area contributed by atoms with Crippen molar-refractivity contribution in [1.82, 2.24) is 5.32 Å². The van der Waals surface area contributed by atoms with Gasteiger partial charge in [0.05, 0.1) is 17.3 Å². The van der Waals surface area contributed by atoms with Crippen LogP contribution in [0.25, 0.3) is 0 Å². The van der Waals surface area contributed by atoms with E-state index in [-0.39, 0.29) is 36.2 Å². The molecule has 0 unspecified atom stereocenters. The van der Waals surface area contributed by atoms with Gasteiger partial charge < -0.3 is 19.9 Å². The van der Waals surface area contributed by atoms with Gasteiger partial charge in [0.15, 0.2) is 15.4 Å². The van der Waals surface area contributed by atoms with E-state index in [0.717, 1.165) is 5.56 Å². The Labute approximate surface area is 233 Å². The molecule has 1 heterocycles. The number of hydrogen-bond donors (Lipinski definition) is 2. The highest BCUT2D eigenvalue weighted by Gasteiger charge is 2.45. The largest absolute Gasteiger partial charge is 0.494 e. The van der Waals surface area contributed by atoms with Crippen LogP contribution in [0.2, 0.25) is 5.02 Å². The molecule has 39 heavy (non-hydrogen) atoms. The molecule has 0 aromatic heterocycles. The molecule has 10 heteroatoms. The number of carbonyl (C=O) groups is 1. The lowest BCUT2D eigenvalue weighted by molar-refractivity contribution is -0.126. The maximum atomic E-state index is 13.5. The average molecular weight is 571 g/mol. The summed E-state index contributed by atoms with van der Waals surface area (Å²) in [7, 11) is -3.64. The Morgan fingerprint density at radius 2 is 1.85 bits per heavy atom. The first-order chi connectivity index (χ1) is 18.8. The van der Waals surface area contributed by atoms with Crippen LogP contribution in [0, 0.1) is 0 Å². The monoisotopic (exact) mass is 570 g/mol. The summed E-state index contributed by atoms with van der Waals surface area (Å²) in [4.78, 5) is 18.3. The number of benzene rings is 3. The number of sulfone groups is 1. The lowest BCUT2D eigenvalue weighted by Crippen LogP contribution is -2.48. The normalized spacial score (nSPS) is 16.8. The number of nitrogens with zero attached hydrogens (tertiary/aromatic N) is 1. The van der Waals surface area contributed by atoms with Gasteiger partial charge in [0.1, 0.15) is 12.4 Å². The molecule has 1 aliphatic rings. The molecule has 3 aromatic carbocycles. The second kappa shape index (κ2) is 13.1. The minimum atomic E-state index is -3.64. The summed E-state index contributed by atoms with van der Waals surface area (Å²) in [6.45, 7) is 0.690. The van der Waals surface area contributed by atoms with E-state index in [1.54, 1.807) is 48.5 Å². The van der Waals surface area contributed by atoms with Gasteiger partial charge in [-0.15, -0.1) is 0 Å². The fourth-order valence-corrected chi connectivity index (χ4v) is 5.75. The minimum Gasteiger partial charge on any atom is -0.494 e. The standard InChI is InChI=1S/C29H31ClN2O6S/c30-24-7-4-6-22(20-24)14-16-31-28(34)29(15-19-39(35,36)26-8-2-1-3-9-26)21-38-27(32-29)23-10-12-25(13-11-23)37-18-5-17-33/h1-4,6-13,20,33H,5,14-19,21H2,(H,31,34)/t29-/m1/s1. The highest BCUT2D eigenvalue weighted by Crippen LogP contribution is 2.28. The number of ether oxygens (including phenoxy) is 2. The zero-order valence-electron chi connectivity index (χ0n) is 21.4. The summed E-state index contributed by atoms with van der Waals surface area (Å²) in [6.07, 6.45) is 1.04. The van der Waals surface area contributed by atoms with Crippen LogP contribution >= 0.6 is 11.6 Å². The molecule has 0 fully saturated rings. The van der Waals surface area contributed by atoms with E-state index < -0.39 is 21.3 Å². The zero-order chi connectivity index (χ0) is 27.7. The Morgan fingerprint density at radius 3 is 2.56 bits per heavy atom. The third-order valence-electron chi connectivity index (χ3n) is 6.33. The lowest BCUT2D eigenvalue weighted by atomic mass is 9.97. The van der Waals surface area contributed by atoms with Crippen LogP contribution in [0.3, 0.4) is 0 Å². The van der Waals surface area contributed by atoms with Crippen molar-refractivity contribution in [3.63, 3.8) is 0 Å². The van der Waals surface area contributed by atoms with Crippen LogP contribution in [0.5, 0.6) is 5.75 Å². The van der Waals surface area contributed by atoms with Crippen molar-refractivity contribution in [1.29, 1.82) is 0 Å². The van der Waals surface area contributed by atoms with E-state index in [4.69, 9.17) is 26.2 Å². The number of hydrogen-bond acceptors (Lipinski definition) is 7. The SMILES string of the molecule is O=C(NCCc1cccc(Cl)c1)[C@@]1(CCS(=O)(=O)c2ccccc2)COC(c2ccc(OCCCO)cc2)=N1. The molecular formula is C29H31ClN2O6S. The number of halogens is 1. The Kier molecular flexibility index (Phi) is 9.61. The summed E-state index contributed by atoms with van der Waals surface area (Å²) < 4.78 is 37.5. The maximum absolute atomic E-state index is 13.5. The van der Waals surface area contributed by atoms with Gasteiger partial charge >= 0.3 is 0 Å². The second-order valence-corrected chi connectivity index (χ2v) is 11.8. The van der Waals surface area contributed by atoms with Gasteiger partial charge in [-0.2, -0.15) is 0 Å². The van der Waals surface area contributed by atoms with Gasteiger partial charge in [0.25, 0.3) is 5.91 Å². The summed E-state index contributed by atoms with van der Waals surface area (Å²) >= 11 is 6.07. The number of rotatable bonds is 13. The summed E-state index contributed by atoms with van der Waals surface area (Å²) in [6, 6.07) is 22.6. The zero-order valence-corrected chi connectivity index (χ0v) is 23.0. The third kappa shape index (κ3) is 7.59. The molecule has 0 saturated carbocycles. The number of nitrogens with one attached hydrogen (secondary N) is 1. The number of carbonyl (C=O) groups excluding carboxylic acids is 1. The highest BCUT2D eigenvalue weighted by molar-refractivity contribution is 7.91. The Hall–Kier alpha value is -3.40. The van der Waals surface area contributed by atoms with Crippen LogP contribution in [0.15, 0.2) is 88.8 Å². The van der Waals surface area contributed by atoms with Gasteiger partial charge in [0, 0.05) is 30.2 Å². The third-order valence-corrected chi connectivity index (χ3v) is 8.30. The quantitative estimate of drug-likeness (QED) is 0.302. The van der Waals surface area contributed by atoms with E-state index in [9.17, 15) is 13.2 Å². The minimum absolute atomic E-state index is 0.0426. The first-order valence-electron chi connectivity index (χ1n) is 12.7. The average Bonchev–Trinajstić information content (AvgIpc) is 3.39. The molecule has 2 N–H and O–H groups in total. The highest BCUT2D eigenvalue weighted by atomic mass is 35.5. The smallest absolute Gasteiger partial charge is 0.251 e. The maximum Gasteiger partial charge on any atom is 0.251 e. The molecule has 206 valence electrons. The van der Waals surface area contributed by atoms with E-state index >= 15 is 0 Å². The molecule has 4 rings (SSSR count). The van der Waals surface area contributed by atoms with E-state index in [0.29, 0.717) is 42.3 Å². The fraction of sp³-hybridized carbons (Fsp3) is 0.310. The van der Waals surface area contributed by atoms with Crippen molar-refractivity contribution in [2.75, 3.05) is 32.1 Å². The number of amides is 1. The van der Waals surface area contributed by atoms with Gasteiger partial charge in [-0.1, -0.05) is 41.9 Å². The fourth-order valence-electron chi connectivity index (χ4n) is 4.13. The van der Waals surface area contributed by atoms with Crippen molar-refractivity contribution < 1.29 is 27.8 Å². The molecule has 0 bridgehead atoms. The van der Waals surface area contributed by atoms with E-state index in [2.05, 4.69) is 10.3 Å². The van der Waals surface area contributed by atoms with Gasteiger partial charge in [-0.25, -0.2) is 13.4 Å².